The molecule has 0 amide bonds. The second kappa shape index (κ2) is 6.93. The molecule has 21 heavy (non-hydrogen) atoms. The van der Waals surface area contributed by atoms with Crippen molar-refractivity contribution in [2.45, 2.75) is 12.8 Å². The standard InChI is InChI=1S/C18H13NO2/c1-19-17-4-2-3-16(13-17)10-9-14-5-7-15(8-6-14)11-12-18(20)21/h2-8,13H,11-12H2,(H,20,21). The van der Waals surface area contributed by atoms with Gasteiger partial charge < -0.3 is 5.11 Å². The second-order valence-electron chi connectivity index (χ2n) is 4.50. The lowest BCUT2D eigenvalue weighted by Crippen LogP contribution is -1.97. The van der Waals surface area contributed by atoms with Crippen molar-refractivity contribution in [3.8, 4) is 11.8 Å². The van der Waals surface area contributed by atoms with Gasteiger partial charge in [-0.05, 0) is 36.2 Å². The largest absolute Gasteiger partial charge is 0.481 e. The van der Waals surface area contributed by atoms with Gasteiger partial charge in [-0.2, -0.15) is 0 Å². The third-order valence-corrected chi connectivity index (χ3v) is 2.91. The number of carboxylic acids is 1. The number of benzene rings is 2. The first kappa shape index (κ1) is 14.4. The summed E-state index contributed by atoms with van der Waals surface area (Å²) in [4.78, 5) is 13.9. The van der Waals surface area contributed by atoms with Crippen LogP contribution in [0, 0.1) is 18.4 Å². The molecule has 1 N–H and O–H groups in total. The van der Waals surface area contributed by atoms with E-state index in [1.165, 1.54) is 0 Å². The van der Waals surface area contributed by atoms with Crippen molar-refractivity contribution < 1.29 is 9.90 Å². The minimum Gasteiger partial charge on any atom is -0.481 e. The van der Waals surface area contributed by atoms with Crippen molar-refractivity contribution >= 4 is 11.7 Å². The number of aryl methyl sites for hydroxylation is 1. The van der Waals surface area contributed by atoms with Gasteiger partial charge in [0.2, 0.25) is 0 Å². The van der Waals surface area contributed by atoms with E-state index in [9.17, 15) is 4.79 Å². The minimum atomic E-state index is -0.793. The Bertz CT molecular complexity index is 743. The number of aliphatic carboxylic acids is 1. The van der Waals surface area contributed by atoms with Crippen molar-refractivity contribution in [1.82, 2.24) is 0 Å². The van der Waals surface area contributed by atoms with Crippen LogP contribution >= 0.6 is 0 Å². The van der Waals surface area contributed by atoms with E-state index >= 15 is 0 Å². The molecular weight excluding hydrogens is 262 g/mol. The first-order valence-corrected chi connectivity index (χ1v) is 6.47. The SMILES string of the molecule is [C-]#[N+]c1cccc(C#Cc2ccc(CCC(=O)O)cc2)c1. The van der Waals surface area contributed by atoms with Gasteiger partial charge in [0.25, 0.3) is 0 Å². The molecule has 2 aromatic rings. The molecule has 0 unspecified atom stereocenters. The van der Waals surface area contributed by atoms with E-state index in [0.717, 1.165) is 16.7 Å². The lowest BCUT2D eigenvalue weighted by molar-refractivity contribution is -0.136. The summed E-state index contributed by atoms with van der Waals surface area (Å²) in [6, 6.07) is 14.7. The van der Waals surface area contributed by atoms with Crippen LogP contribution in [0.5, 0.6) is 0 Å². The Morgan fingerprint density at radius 2 is 1.81 bits per heavy atom. The third-order valence-electron chi connectivity index (χ3n) is 2.91. The smallest absolute Gasteiger partial charge is 0.303 e. The van der Waals surface area contributed by atoms with Gasteiger partial charge >= 0.3 is 5.97 Å². The van der Waals surface area contributed by atoms with E-state index in [2.05, 4.69) is 16.7 Å². The second-order valence-corrected chi connectivity index (χ2v) is 4.50. The highest BCUT2D eigenvalue weighted by Crippen LogP contribution is 2.13. The Hall–Kier alpha value is -3.04. The summed E-state index contributed by atoms with van der Waals surface area (Å²) in [5.74, 6) is 5.26. The maximum atomic E-state index is 10.5. The van der Waals surface area contributed by atoms with Crippen LogP contribution in [0.4, 0.5) is 5.69 Å². The zero-order chi connectivity index (χ0) is 15.1. The summed E-state index contributed by atoms with van der Waals surface area (Å²) in [6.07, 6.45) is 0.657. The fraction of sp³-hybridized carbons (Fsp3) is 0.111. The molecule has 0 radical (unpaired) electrons. The van der Waals surface area contributed by atoms with E-state index in [1.807, 2.05) is 36.4 Å². The van der Waals surface area contributed by atoms with Crippen LogP contribution in [0.3, 0.4) is 0 Å². The normalized spacial score (nSPS) is 9.29. The van der Waals surface area contributed by atoms with Gasteiger partial charge in [-0.3, -0.25) is 4.79 Å². The molecule has 0 atom stereocenters. The summed E-state index contributed by atoms with van der Waals surface area (Å²) in [5, 5.41) is 8.64. The molecule has 102 valence electrons. The fourth-order valence-electron chi connectivity index (χ4n) is 1.80. The van der Waals surface area contributed by atoms with E-state index in [4.69, 9.17) is 11.7 Å². The Morgan fingerprint density at radius 3 is 2.48 bits per heavy atom. The van der Waals surface area contributed by atoms with E-state index in [1.54, 1.807) is 12.1 Å². The zero-order valence-corrected chi connectivity index (χ0v) is 11.3. The van der Waals surface area contributed by atoms with E-state index in [0.29, 0.717) is 12.1 Å². The number of nitrogens with zero attached hydrogens (tertiary/aromatic N) is 1. The van der Waals surface area contributed by atoms with Crippen LogP contribution in [0.1, 0.15) is 23.1 Å². The van der Waals surface area contributed by atoms with Crippen LogP contribution in [-0.2, 0) is 11.2 Å². The Morgan fingerprint density at radius 1 is 1.10 bits per heavy atom. The molecule has 0 aromatic heterocycles. The third kappa shape index (κ3) is 4.53. The Labute approximate surface area is 123 Å². The van der Waals surface area contributed by atoms with Gasteiger partial charge in [0, 0.05) is 17.5 Å². The molecule has 0 fully saturated rings. The maximum Gasteiger partial charge on any atom is 0.303 e. The number of carboxylic acid groups (broad SMARTS) is 1. The molecule has 3 heteroatoms. The van der Waals surface area contributed by atoms with Crippen molar-refractivity contribution in [2.24, 2.45) is 0 Å². The summed E-state index contributed by atoms with van der Waals surface area (Å²) >= 11 is 0. The van der Waals surface area contributed by atoms with Crippen LogP contribution in [-0.4, -0.2) is 11.1 Å². The Kier molecular flexibility index (Phi) is 4.75. The molecule has 0 bridgehead atoms. The highest BCUT2D eigenvalue weighted by Gasteiger charge is 1.98. The summed E-state index contributed by atoms with van der Waals surface area (Å²) in [6.45, 7) is 6.96. The Balaban J connectivity index is 2.08. The summed E-state index contributed by atoms with van der Waals surface area (Å²) in [7, 11) is 0. The lowest BCUT2D eigenvalue weighted by atomic mass is 10.1. The summed E-state index contributed by atoms with van der Waals surface area (Å²) < 4.78 is 0. The quantitative estimate of drug-likeness (QED) is 0.686. The van der Waals surface area contributed by atoms with Crippen molar-refractivity contribution in [3.05, 3.63) is 76.6 Å². The molecule has 0 saturated carbocycles. The number of hydrogen-bond donors (Lipinski definition) is 1. The number of hydrogen-bond acceptors (Lipinski definition) is 1. The molecule has 3 nitrogen and oxygen atoms in total. The van der Waals surface area contributed by atoms with Gasteiger partial charge in [0.1, 0.15) is 0 Å². The molecule has 0 saturated heterocycles. The average molecular weight is 275 g/mol. The molecule has 0 spiro atoms. The number of carbonyl (C=O) groups is 1. The van der Waals surface area contributed by atoms with Crippen LogP contribution in [0.15, 0.2) is 48.5 Å². The van der Waals surface area contributed by atoms with Crippen LogP contribution in [0.2, 0.25) is 0 Å². The van der Waals surface area contributed by atoms with Crippen molar-refractivity contribution in [1.29, 1.82) is 0 Å². The number of rotatable bonds is 3. The molecule has 0 aliphatic heterocycles. The maximum absolute atomic E-state index is 10.5. The zero-order valence-electron chi connectivity index (χ0n) is 11.3. The lowest BCUT2D eigenvalue weighted by Gasteiger charge is -1.98. The summed E-state index contributed by atoms with van der Waals surface area (Å²) in [5.41, 5.74) is 3.23. The van der Waals surface area contributed by atoms with Crippen LogP contribution < -0.4 is 0 Å². The molecule has 2 aromatic carbocycles. The van der Waals surface area contributed by atoms with E-state index < -0.39 is 5.97 Å². The minimum absolute atomic E-state index is 0.133. The van der Waals surface area contributed by atoms with Gasteiger partial charge in [-0.15, -0.1) is 0 Å². The van der Waals surface area contributed by atoms with Gasteiger partial charge in [0.05, 0.1) is 6.57 Å². The molecular formula is C18H13NO2. The first-order valence-electron chi connectivity index (χ1n) is 6.47. The van der Waals surface area contributed by atoms with Crippen molar-refractivity contribution in [2.75, 3.05) is 0 Å². The molecule has 0 heterocycles. The highest BCUT2D eigenvalue weighted by atomic mass is 16.4. The predicted molar refractivity (Wildman–Crippen MR) is 81.1 cm³/mol. The van der Waals surface area contributed by atoms with Gasteiger partial charge in [-0.25, -0.2) is 4.85 Å². The molecule has 0 aliphatic carbocycles. The van der Waals surface area contributed by atoms with Gasteiger partial charge in [-0.1, -0.05) is 36.1 Å². The van der Waals surface area contributed by atoms with Gasteiger partial charge in [0.15, 0.2) is 5.69 Å². The fourth-order valence-corrected chi connectivity index (χ4v) is 1.80. The highest BCUT2D eigenvalue weighted by molar-refractivity contribution is 5.67. The molecule has 0 aliphatic rings. The topological polar surface area (TPSA) is 41.7 Å². The monoisotopic (exact) mass is 275 g/mol. The van der Waals surface area contributed by atoms with Crippen molar-refractivity contribution in [3.63, 3.8) is 0 Å². The predicted octanol–water partition coefficient (Wildman–Crippen LogP) is 3.65. The van der Waals surface area contributed by atoms with Crippen LogP contribution in [0.25, 0.3) is 4.85 Å². The molecule has 2 rings (SSSR count). The average Bonchev–Trinajstić information content (AvgIpc) is 2.52. The van der Waals surface area contributed by atoms with E-state index in [-0.39, 0.29) is 6.42 Å². The first-order chi connectivity index (χ1) is 10.2.